The Hall–Kier alpha value is -1.44. The van der Waals surface area contributed by atoms with E-state index in [9.17, 15) is 9.90 Å². The van der Waals surface area contributed by atoms with Crippen molar-refractivity contribution in [3.63, 3.8) is 0 Å². The topological polar surface area (TPSA) is 70.8 Å². The van der Waals surface area contributed by atoms with Gasteiger partial charge in [-0.05, 0) is 26.7 Å². The van der Waals surface area contributed by atoms with Crippen LogP contribution in [0.4, 0.5) is 0 Å². The number of amides is 1. The number of aromatic nitrogens is 2. The molecule has 2 saturated heterocycles. The van der Waals surface area contributed by atoms with E-state index in [0.717, 1.165) is 52.2 Å². The second kappa shape index (κ2) is 8.29. The van der Waals surface area contributed by atoms with Crippen molar-refractivity contribution in [3.05, 3.63) is 18.2 Å². The van der Waals surface area contributed by atoms with E-state index < -0.39 is 6.10 Å². The normalized spacial score (nSPS) is 21.7. The highest BCUT2D eigenvalue weighted by Crippen LogP contribution is 2.22. The number of carbonyl (C=O) groups is 1. The number of morpholine rings is 1. The lowest BCUT2D eigenvalue weighted by molar-refractivity contribution is -0.135. The summed E-state index contributed by atoms with van der Waals surface area (Å²) in [6, 6.07) is 0.768. The molecule has 2 aliphatic rings. The summed E-state index contributed by atoms with van der Waals surface area (Å²) in [6.45, 7) is 9.23. The summed E-state index contributed by atoms with van der Waals surface area (Å²) in [7, 11) is 0. The molecule has 1 aromatic rings. The average Bonchev–Trinajstić information content (AvgIpc) is 3.13. The quantitative estimate of drug-likeness (QED) is 0.864. The highest BCUT2D eigenvalue weighted by molar-refractivity contribution is 5.76. The zero-order valence-corrected chi connectivity index (χ0v) is 15.3. The molecule has 0 saturated carbocycles. The SMILES string of the molecule is CC(C)n1ccnc1C(O)CC(=O)N1CCC(N2CCOCC2)CC1. The number of aliphatic hydroxyl groups excluding tert-OH is 1. The lowest BCUT2D eigenvalue weighted by Crippen LogP contribution is -2.50. The van der Waals surface area contributed by atoms with Crippen molar-refractivity contribution in [1.29, 1.82) is 0 Å². The van der Waals surface area contributed by atoms with Gasteiger partial charge in [0.25, 0.3) is 0 Å². The predicted octanol–water partition coefficient (Wildman–Crippen LogP) is 1.21. The van der Waals surface area contributed by atoms with Crippen molar-refractivity contribution in [2.24, 2.45) is 0 Å². The number of likely N-dealkylation sites (tertiary alicyclic amines) is 1. The van der Waals surface area contributed by atoms with E-state index >= 15 is 0 Å². The number of hydrogen-bond acceptors (Lipinski definition) is 5. The highest BCUT2D eigenvalue weighted by atomic mass is 16.5. The first-order chi connectivity index (χ1) is 12.1. The van der Waals surface area contributed by atoms with Crippen LogP contribution in [0.3, 0.4) is 0 Å². The molecule has 0 bridgehead atoms. The zero-order valence-electron chi connectivity index (χ0n) is 15.3. The van der Waals surface area contributed by atoms with Crippen LogP contribution in [0.25, 0.3) is 0 Å². The Kier molecular flexibility index (Phi) is 6.09. The minimum Gasteiger partial charge on any atom is -0.385 e. The molecule has 3 heterocycles. The number of nitrogens with zero attached hydrogens (tertiary/aromatic N) is 4. The third kappa shape index (κ3) is 4.40. The van der Waals surface area contributed by atoms with E-state index in [1.807, 2.05) is 29.5 Å². The van der Waals surface area contributed by atoms with Gasteiger partial charge in [-0.15, -0.1) is 0 Å². The van der Waals surface area contributed by atoms with Gasteiger partial charge in [-0.2, -0.15) is 0 Å². The predicted molar refractivity (Wildman–Crippen MR) is 94.2 cm³/mol. The summed E-state index contributed by atoms with van der Waals surface area (Å²) in [4.78, 5) is 21.2. The maximum atomic E-state index is 12.6. The Morgan fingerprint density at radius 3 is 2.60 bits per heavy atom. The number of hydrogen-bond donors (Lipinski definition) is 1. The Balaban J connectivity index is 1.50. The van der Waals surface area contributed by atoms with Crippen LogP contribution in [0.1, 0.15) is 51.1 Å². The summed E-state index contributed by atoms with van der Waals surface area (Å²) in [5.74, 6) is 0.595. The van der Waals surface area contributed by atoms with Crippen molar-refractivity contribution >= 4 is 5.91 Å². The van der Waals surface area contributed by atoms with Gasteiger partial charge >= 0.3 is 0 Å². The Bertz CT molecular complexity index is 560. The van der Waals surface area contributed by atoms with Gasteiger partial charge in [-0.1, -0.05) is 0 Å². The molecule has 0 radical (unpaired) electrons. The van der Waals surface area contributed by atoms with Crippen molar-refractivity contribution in [1.82, 2.24) is 19.4 Å². The lowest BCUT2D eigenvalue weighted by atomic mass is 10.0. The van der Waals surface area contributed by atoms with Gasteiger partial charge in [0, 0.05) is 50.7 Å². The summed E-state index contributed by atoms with van der Waals surface area (Å²) < 4.78 is 7.33. The Labute approximate surface area is 149 Å². The van der Waals surface area contributed by atoms with Crippen LogP contribution < -0.4 is 0 Å². The fourth-order valence-electron chi connectivity index (χ4n) is 3.83. The van der Waals surface area contributed by atoms with Crippen LogP contribution in [0.2, 0.25) is 0 Å². The molecule has 0 aromatic carbocycles. The van der Waals surface area contributed by atoms with E-state index in [1.54, 1.807) is 6.20 Å². The summed E-state index contributed by atoms with van der Waals surface area (Å²) in [6.07, 6.45) is 4.79. The monoisotopic (exact) mass is 350 g/mol. The number of aliphatic hydroxyl groups is 1. The average molecular weight is 350 g/mol. The molecule has 0 spiro atoms. The minimum absolute atomic E-state index is 0.0197. The van der Waals surface area contributed by atoms with Gasteiger partial charge in [0.05, 0.1) is 19.6 Å². The largest absolute Gasteiger partial charge is 0.385 e. The van der Waals surface area contributed by atoms with Crippen molar-refractivity contribution in [2.45, 2.75) is 51.3 Å². The second-order valence-electron chi connectivity index (χ2n) is 7.27. The molecule has 0 aliphatic carbocycles. The molecule has 1 aromatic heterocycles. The molecular weight excluding hydrogens is 320 g/mol. The molecule has 2 aliphatic heterocycles. The number of ether oxygens (including phenoxy) is 1. The molecular formula is C18H30N4O3. The van der Waals surface area contributed by atoms with Crippen molar-refractivity contribution in [2.75, 3.05) is 39.4 Å². The van der Waals surface area contributed by atoms with Crippen molar-refractivity contribution in [3.8, 4) is 0 Å². The molecule has 2 fully saturated rings. The van der Waals surface area contributed by atoms with E-state index in [1.165, 1.54) is 0 Å². The Morgan fingerprint density at radius 2 is 1.96 bits per heavy atom. The minimum atomic E-state index is -0.845. The summed E-state index contributed by atoms with van der Waals surface area (Å²) >= 11 is 0. The molecule has 3 rings (SSSR count). The maximum absolute atomic E-state index is 12.6. The molecule has 25 heavy (non-hydrogen) atoms. The van der Waals surface area contributed by atoms with Gasteiger partial charge in [-0.25, -0.2) is 4.98 Å². The molecule has 1 atom stereocenters. The van der Waals surface area contributed by atoms with E-state index in [0.29, 0.717) is 11.9 Å². The van der Waals surface area contributed by atoms with Crippen LogP contribution in [0, 0.1) is 0 Å². The van der Waals surface area contributed by atoms with E-state index in [4.69, 9.17) is 4.74 Å². The van der Waals surface area contributed by atoms with Gasteiger partial charge in [0.2, 0.25) is 5.91 Å². The van der Waals surface area contributed by atoms with Crippen LogP contribution in [-0.2, 0) is 9.53 Å². The van der Waals surface area contributed by atoms with Gasteiger partial charge in [0.15, 0.2) is 0 Å². The zero-order chi connectivity index (χ0) is 17.8. The van der Waals surface area contributed by atoms with Crippen LogP contribution >= 0.6 is 0 Å². The van der Waals surface area contributed by atoms with Gasteiger partial charge < -0.3 is 19.3 Å². The van der Waals surface area contributed by atoms with Crippen molar-refractivity contribution < 1.29 is 14.6 Å². The molecule has 1 amide bonds. The molecule has 1 unspecified atom stereocenters. The van der Waals surface area contributed by atoms with E-state index in [2.05, 4.69) is 9.88 Å². The number of carbonyl (C=O) groups excluding carboxylic acids is 1. The first-order valence-electron chi connectivity index (χ1n) is 9.36. The summed E-state index contributed by atoms with van der Waals surface area (Å²) in [5.41, 5.74) is 0. The molecule has 140 valence electrons. The molecule has 7 heteroatoms. The lowest BCUT2D eigenvalue weighted by Gasteiger charge is -2.40. The highest BCUT2D eigenvalue weighted by Gasteiger charge is 2.29. The van der Waals surface area contributed by atoms with Gasteiger partial charge in [-0.3, -0.25) is 9.69 Å². The number of piperidine rings is 1. The van der Waals surface area contributed by atoms with Crippen LogP contribution in [-0.4, -0.2) is 75.8 Å². The number of imidazole rings is 1. The molecule has 1 N–H and O–H groups in total. The smallest absolute Gasteiger partial charge is 0.225 e. The van der Waals surface area contributed by atoms with Crippen LogP contribution in [0.5, 0.6) is 0 Å². The van der Waals surface area contributed by atoms with Crippen LogP contribution in [0.15, 0.2) is 12.4 Å². The number of rotatable bonds is 5. The third-order valence-corrected chi connectivity index (χ3v) is 5.30. The Morgan fingerprint density at radius 1 is 1.28 bits per heavy atom. The maximum Gasteiger partial charge on any atom is 0.225 e. The summed E-state index contributed by atoms with van der Waals surface area (Å²) in [5, 5.41) is 10.4. The second-order valence-corrected chi connectivity index (χ2v) is 7.27. The van der Waals surface area contributed by atoms with Gasteiger partial charge in [0.1, 0.15) is 11.9 Å². The first kappa shape index (κ1) is 18.4. The fourth-order valence-corrected chi connectivity index (χ4v) is 3.83. The first-order valence-corrected chi connectivity index (χ1v) is 9.36. The fraction of sp³-hybridized carbons (Fsp3) is 0.778. The standard InChI is InChI=1S/C18H30N4O3/c1-14(2)22-8-5-19-18(22)16(23)13-17(24)21-6-3-15(4-7-21)20-9-11-25-12-10-20/h5,8,14-16,23H,3-4,6-7,9-13H2,1-2H3. The molecule has 7 nitrogen and oxygen atoms in total. The third-order valence-electron chi connectivity index (χ3n) is 5.30. The van der Waals surface area contributed by atoms with E-state index in [-0.39, 0.29) is 18.4 Å².